The number of aryl methyl sites for hydroxylation is 1. The van der Waals surface area contributed by atoms with Gasteiger partial charge >= 0.3 is 5.97 Å². The number of nitrogens with zero attached hydrogens (tertiary/aromatic N) is 4. The van der Waals surface area contributed by atoms with E-state index in [1.165, 1.54) is 21.8 Å². The molecule has 8 nitrogen and oxygen atoms in total. The van der Waals surface area contributed by atoms with Gasteiger partial charge in [-0.25, -0.2) is 9.97 Å². The van der Waals surface area contributed by atoms with Crippen LogP contribution in [-0.2, 0) is 24.3 Å². The molecule has 2 N–H and O–H groups in total. The number of carboxylic acids is 1. The smallest absolute Gasteiger partial charge is 0.321 e. The first-order valence-corrected chi connectivity index (χ1v) is 8.29. The maximum atomic E-state index is 12.2. The number of aromatic nitrogens is 4. The Bertz CT molecular complexity index is 989. The molecule has 4 heterocycles. The highest BCUT2D eigenvalue weighted by atomic mass is 32.1. The van der Waals surface area contributed by atoms with Crippen molar-refractivity contribution < 1.29 is 9.90 Å². The number of aromatic amines is 1. The van der Waals surface area contributed by atoms with Crippen molar-refractivity contribution in [2.24, 2.45) is 0 Å². The number of carboxylic acid groups (broad SMARTS) is 1. The normalized spacial score (nSPS) is 18.0. The van der Waals surface area contributed by atoms with Gasteiger partial charge in [0.1, 0.15) is 6.04 Å². The highest BCUT2D eigenvalue weighted by Gasteiger charge is 2.33. The Morgan fingerprint density at radius 2 is 2.38 bits per heavy atom. The van der Waals surface area contributed by atoms with Gasteiger partial charge in [-0.2, -0.15) is 0 Å². The molecule has 4 rings (SSSR count). The first kappa shape index (κ1) is 15.0. The van der Waals surface area contributed by atoms with Gasteiger partial charge in [-0.3, -0.25) is 18.9 Å². The Morgan fingerprint density at radius 3 is 3.17 bits per heavy atom. The molecule has 0 aliphatic carbocycles. The fourth-order valence-electron chi connectivity index (χ4n) is 3.04. The van der Waals surface area contributed by atoms with E-state index < -0.39 is 12.0 Å². The maximum absolute atomic E-state index is 12.2. The molecule has 0 fully saturated rings. The minimum atomic E-state index is -0.895. The predicted octanol–water partition coefficient (Wildman–Crippen LogP) is 0.799. The molecular formula is C15H15N5O3S. The summed E-state index contributed by atoms with van der Waals surface area (Å²) in [6.07, 6.45) is 3.68. The number of rotatable bonds is 3. The number of hydrogen-bond donors (Lipinski definition) is 2. The zero-order valence-corrected chi connectivity index (χ0v) is 13.7. The lowest BCUT2D eigenvalue weighted by Crippen LogP contribution is -2.45. The third kappa shape index (κ3) is 2.51. The minimum absolute atomic E-state index is 0.148. The zero-order chi connectivity index (χ0) is 16.8. The van der Waals surface area contributed by atoms with Crippen LogP contribution in [-0.4, -0.2) is 41.4 Å². The Kier molecular flexibility index (Phi) is 3.47. The van der Waals surface area contributed by atoms with Gasteiger partial charge in [0, 0.05) is 36.7 Å². The lowest BCUT2D eigenvalue weighted by Gasteiger charge is -2.31. The largest absolute Gasteiger partial charge is 0.480 e. The summed E-state index contributed by atoms with van der Waals surface area (Å²) in [5.74, 6) is -0.895. The maximum Gasteiger partial charge on any atom is 0.321 e. The zero-order valence-electron chi connectivity index (χ0n) is 12.9. The lowest BCUT2D eigenvalue weighted by molar-refractivity contribution is -0.144. The van der Waals surface area contributed by atoms with Crippen LogP contribution in [0.25, 0.3) is 4.96 Å². The van der Waals surface area contributed by atoms with E-state index in [0.717, 1.165) is 16.3 Å². The van der Waals surface area contributed by atoms with E-state index in [-0.39, 0.29) is 5.56 Å². The van der Waals surface area contributed by atoms with Gasteiger partial charge in [0.15, 0.2) is 4.96 Å². The number of carbonyl (C=O) groups is 1. The minimum Gasteiger partial charge on any atom is -0.480 e. The number of thiazole rings is 1. The Balaban J connectivity index is 1.68. The van der Waals surface area contributed by atoms with Crippen LogP contribution in [0.4, 0.5) is 0 Å². The van der Waals surface area contributed by atoms with E-state index in [0.29, 0.717) is 30.2 Å². The van der Waals surface area contributed by atoms with Gasteiger partial charge in [0.2, 0.25) is 0 Å². The molecule has 1 aliphatic heterocycles. The summed E-state index contributed by atoms with van der Waals surface area (Å²) >= 11 is 1.44. The molecule has 0 bridgehead atoms. The van der Waals surface area contributed by atoms with Gasteiger partial charge in [-0.1, -0.05) is 0 Å². The summed E-state index contributed by atoms with van der Waals surface area (Å²) in [5, 5.41) is 9.52. The van der Waals surface area contributed by atoms with E-state index in [1.54, 1.807) is 12.5 Å². The molecule has 1 atom stereocenters. The van der Waals surface area contributed by atoms with Crippen LogP contribution in [0.1, 0.15) is 22.0 Å². The van der Waals surface area contributed by atoms with Crippen molar-refractivity contribution in [3.63, 3.8) is 0 Å². The molecule has 0 saturated carbocycles. The number of aliphatic carboxylic acids is 1. The summed E-state index contributed by atoms with van der Waals surface area (Å²) < 4.78 is 1.52. The summed E-state index contributed by atoms with van der Waals surface area (Å²) in [4.78, 5) is 39.0. The molecule has 3 aromatic rings. The fraction of sp³-hybridized carbons (Fsp3) is 0.333. The van der Waals surface area contributed by atoms with E-state index in [1.807, 2.05) is 11.8 Å². The molecule has 24 heavy (non-hydrogen) atoms. The van der Waals surface area contributed by atoms with Crippen molar-refractivity contribution >= 4 is 22.3 Å². The first-order valence-electron chi connectivity index (χ1n) is 7.48. The molecule has 9 heteroatoms. The molecule has 0 amide bonds. The standard InChI is InChI=1S/C15H15N5O3S/c1-8-4-20-13(21)2-9(18-15(20)24-8)5-19-6-11-10(16-7-17-11)3-12(19)14(22)23/h2,4,7,12H,3,5-6H2,1H3,(H,16,17)(H,22,23). The van der Waals surface area contributed by atoms with E-state index in [9.17, 15) is 14.7 Å². The van der Waals surface area contributed by atoms with Gasteiger partial charge in [0.05, 0.1) is 23.4 Å². The van der Waals surface area contributed by atoms with Crippen molar-refractivity contribution in [3.05, 3.63) is 50.9 Å². The molecule has 124 valence electrons. The summed E-state index contributed by atoms with van der Waals surface area (Å²) in [6.45, 7) is 2.66. The third-order valence-electron chi connectivity index (χ3n) is 4.18. The van der Waals surface area contributed by atoms with Crippen LogP contribution in [0, 0.1) is 6.92 Å². The van der Waals surface area contributed by atoms with Crippen LogP contribution in [0.2, 0.25) is 0 Å². The molecule has 0 saturated heterocycles. The quantitative estimate of drug-likeness (QED) is 0.728. The number of hydrogen-bond acceptors (Lipinski definition) is 6. The average Bonchev–Trinajstić information content (AvgIpc) is 3.11. The highest BCUT2D eigenvalue weighted by molar-refractivity contribution is 7.16. The van der Waals surface area contributed by atoms with Gasteiger partial charge in [0.25, 0.3) is 5.56 Å². The van der Waals surface area contributed by atoms with Gasteiger partial charge in [-0.05, 0) is 6.92 Å². The second kappa shape index (κ2) is 5.53. The van der Waals surface area contributed by atoms with Crippen molar-refractivity contribution in [1.82, 2.24) is 24.3 Å². The number of H-pyrrole nitrogens is 1. The van der Waals surface area contributed by atoms with Crippen LogP contribution in [0.3, 0.4) is 0 Å². The van der Waals surface area contributed by atoms with Gasteiger partial charge in [-0.15, -0.1) is 11.3 Å². The number of imidazole rings is 1. The third-order valence-corrected chi connectivity index (χ3v) is 5.08. The molecule has 0 aromatic carbocycles. The summed E-state index contributed by atoms with van der Waals surface area (Å²) in [5.41, 5.74) is 2.13. The van der Waals surface area contributed by atoms with Crippen molar-refractivity contribution in [2.45, 2.75) is 32.5 Å². The first-order chi connectivity index (χ1) is 11.5. The second-order valence-electron chi connectivity index (χ2n) is 5.87. The molecular weight excluding hydrogens is 330 g/mol. The lowest BCUT2D eigenvalue weighted by atomic mass is 10.0. The highest BCUT2D eigenvalue weighted by Crippen LogP contribution is 2.23. The van der Waals surface area contributed by atoms with Crippen LogP contribution in [0.15, 0.2) is 23.4 Å². The monoisotopic (exact) mass is 345 g/mol. The Hall–Kier alpha value is -2.52. The molecule has 0 radical (unpaired) electrons. The molecule has 1 unspecified atom stereocenters. The topological polar surface area (TPSA) is 104 Å². The Morgan fingerprint density at radius 1 is 1.54 bits per heavy atom. The number of nitrogens with one attached hydrogen (secondary N) is 1. The van der Waals surface area contributed by atoms with Crippen LogP contribution < -0.4 is 5.56 Å². The van der Waals surface area contributed by atoms with Crippen LogP contribution >= 0.6 is 11.3 Å². The van der Waals surface area contributed by atoms with Crippen LogP contribution in [0.5, 0.6) is 0 Å². The van der Waals surface area contributed by atoms with E-state index in [2.05, 4.69) is 15.0 Å². The summed E-state index contributed by atoms with van der Waals surface area (Å²) in [6, 6.07) is 0.798. The van der Waals surface area contributed by atoms with Crippen molar-refractivity contribution in [2.75, 3.05) is 0 Å². The number of fused-ring (bicyclic) bond motifs is 2. The van der Waals surface area contributed by atoms with Gasteiger partial charge < -0.3 is 10.1 Å². The van der Waals surface area contributed by atoms with E-state index >= 15 is 0 Å². The average molecular weight is 345 g/mol. The van der Waals surface area contributed by atoms with Crippen molar-refractivity contribution in [1.29, 1.82) is 0 Å². The SMILES string of the molecule is Cc1cn2c(=O)cc(CN3Cc4[nH]cnc4CC3C(=O)O)nc2s1. The Labute approximate surface area is 140 Å². The van der Waals surface area contributed by atoms with E-state index in [4.69, 9.17) is 0 Å². The van der Waals surface area contributed by atoms with Crippen molar-refractivity contribution in [3.8, 4) is 0 Å². The molecule has 0 spiro atoms. The molecule has 1 aliphatic rings. The molecule has 3 aromatic heterocycles. The summed E-state index contributed by atoms with van der Waals surface area (Å²) in [7, 11) is 0. The predicted molar refractivity (Wildman–Crippen MR) is 87.0 cm³/mol. The second-order valence-corrected chi connectivity index (χ2v) is 7.08. The fourth-order valence-corrected chi connectivity index (χ4v) is 3.89.